The average molecular weight is 383 g/mol. The monoisotopic (exact) mass is 383 g/mol. The van der Waals surface area contributed by atoms with E-state index in [0.29, 0.717) is 10.8 Å². The van der Waals surface area contributed by atoms with Gasteiger partial charge in [-0.1, -0.05) is 36.4 Å². The highest BCUT2D eigenvalue weighted by Gasteiger charge is 2.45. The van der Waals surface area contributed by atoms with Crippen molar-refractivity contribution in [3.8, 4) is 0 Å². The van der Waals surface area contributed by atoms with Crippen molar-refractivity contribution in [1.82, 2.24) is 4.72 Å². The molecular weight excluding hydrogens is 371 g/mol. The van der Waals surface area contributed by atoms with Gasteiger partial charge in [-0.25, -0.2) is 13.1 Å². The lowest BCUT2D eigenvalue weighted by atomic mass is 10.1. The number of alkyl halides is 3. The van der Waals surface area contributed by atoms with E-state index in [1.807, 2.05) is 0 Å². The van der Waals surface area contributed by atoms with Gasteiger partial charge in [-0.3, -0.25) is 4.18 Å². The molecule has 11 heteroatoms. The Hall–Kier alpha value is -1.69. The maximum absolute atomic E-state index is 12.1. The number of hydrogen-bond donors (Lipinski definition) is 1. The first-order chi connectivity index (χ1) is 11.0. The second kappa shape index (κ2) is 6.67. The van der Waals surface area contributed by atoms with Gasteiger partial charge in [-0.15, -0.1) is 0 Å². The van der Waals surface area contributed by atoms with Crippen LogP contribution in [0, 0.1) is 0 Å². The quantitative estimate of drug-likeness (QED) is 0.609. The molecule has 6 nitrogen and oxygen atoms in total. The predicted molar refractivity (Wildman–Crippen MR) is 80.1 cm³/mol. The van der Waals surface area contributed by atoms with E-state index in [4.69, 9.17) is 0 Å². The van der Waals surface area contributed by atoms with Crippen molar-refractivity contribution in [1.29, 1.82) is 0 Å². The van der Waals surface area contributed by atoms with Gasteiger partial charge in [0.15, 0.2) is 0 Å². The average Bonchev–Trinajstić information content (AvgIpc) is 2.50. The van der Waals surface area contributed by atoms with Crippen LogP contribution in [0.1, 0.15) is 0 Å². The number of halogens is 3. The molecule has 0 heterocycles. The summed E-state index contributed by atoms with van der Waals surface area (Å²) in [7, 11) is -9.80. The number of fused-ring (bicyclic) bond motifs is 1. The molecule has 0 atom stereocenters. The topological polar surface area (TPSA) is 89.5 Å². The molecular formula is C13H12F3NO5S2. The molecule has 2 rings (SSSR count). The third-order valence-electron chi connectivity index (χ3n) is 2.96. The van der Waals surface area contributed by atoms with Gasteiger partial charge < -0.3 is 0 Å². The maximum Gasteiger partial charge on any atom is 0.511 e. The highest BCUT2D eigenvalue weighted by molar-refractivity contribution is 7.90. The number of hydrogen-bond acceptors (Lipinski definition) is 5. The molecule has 0 spiro atoms. The highest BCUT2D eigenvalue weighted by atomic mass is 32.2. The Morgan fingerprint density at radius 1 is 0.958 bits per heavy atom. The van der Waals surface area contributed by atoms with Crippen molar-refractivity contribution in [2.75, 3.05) is 13.2 Å². The van der Waals surface area contributed by atoms with Crippen LogP contribution in [0.25, 0.3) is 10.8 Å². The van der Waals surface area contributed by atoms with E-state index in [0.717, 1.165) is 0 Å². The first kappa shape index (κ1) is 18.6. The molecule has 0 amide bonds. The van der Waals surface area contributed by atoms with Crippen molar-refractivity contribution in [3.63, 3.8) is 0 Å². The third-order valence-corrected chi connectivity index (χ3v) is 5.52. The highest BCUT2D eigenvalue weighted by Crippen LogP contribution is 2.24. The van der Waals surface area contributed by atoms with Gasteiger partial charge in [0.2, 0.25) is 0 Å². The van der Waals surface area contributed by atoms with Crippen LogP contribution in [0.15, 0.2) is 47.4 Å². The molecule has 0 unspecified atom stereocenters. The van der Waals surface area contributed by atoms with E-state index in [2.05, 4.69) is 4.18 Å². The van der Waals surface area contributed by atoms with Crippen LogP contribution in [0.2, 0.25) is 0 Å². The standard InChI is InChI=1S/C13H12F3NO5S2/c14-13(15,16)24(20,21)17-8-9-22-23(18,19)12-7-3-5-10-4-1-2-6-11(10)12/h1-7,17H,8-9H2. The van der Waals surface area contributed by atoms with Gasteiger partial charge in [0.25, 0.3) is 10.1 Å². The van der Waals surface area contributed by atoms with Gasteiger partial charge in [0.1, 0.15) is 4.90 Å². The van der Waals surface area contributed by atoms with Crippen LogP contribution in [-0.4, -0.2) is 35.5 Å². The summed E-state index contributed by atoms with van der Waals surface area (Å²) in [6, 6.07) is 11.0. The Balaban J connectivity index is 2.10. The minimum Gasteiger partial charge on any atom is -0.265 e. The Bertz CT molecular complexity index is 934. The van der Waals surface area contributed by atoms with Gasteiger partial charge in [-0.05, 0) is 11.5 Å². The van der Waals surface area contributed by atoms with Gasteiger partial charge >= 0.3 is 15.5 Å². The second-order valence-electron chi connectivity index (χ2n) is 4.60. The van der Waals surface area contributed by atoms with Gasteiger partial charge in [0.05, 0.1) is 6.61 Å². The summed E-state index contributed by atoms with van der Waals surface area (Å²) in [5.41, 5.74) is -5.47. The normalized spacial score (nSPS) is 13.3. The molecule has 0 aliphatic heterocycles. The number of nitrogens with one attached hydrogen (secondary N) is 1. The summed E-state index contributed by atoms with van der Waals surface area (Å²) in [6.45, 7) is -1.62. The lowest BCUT2D eigenvalue weighted by Crippen LogP contribution is -2.38. The van der Waals surface area contributed by atoms with E-state index in [9.17, 15) is 30.0 Å². The van der Waals surface area contributed by atoms with Crippen LogP contribution in [0.3, 0.4) is 0 Å². The van der Waals surface area contributed by atoms with Crippen LogP contribution in [-0.2, 0) is 24.3 Å². The molecule has 0 saturated heterocycles. The Morgan fingerprint density at radius 2 is 1.58 bits per heavy atom. The summed E-state index contributed by atoms with van der Waals surface area (Å²) < 4.78 is 88.1. The minimum absolute atomic E-state index is 0.153. The molecule has 132 valence electrons. The van der Waals surface area contributed by atoms with Crippen LogP contribution >= 0.6 is 0 Å². The first-order valence-corrected chi connectivity index (χ1v) is 9.37. The van der Waals surface area contributed by atoms with Gasteiger partial charge in [0, 0.05) is 11.9 Å². The molecule has 0 radical (unpaired) electrons. The Morgan fingerprint density at radius 3 is 2.25 bits per heavy atom. The van der Waals surface area contributed by atoms with E-state index in [-0.39, 0.29) is 4.90 Å². The molecule has 0 fully saturated rings. The lowest BCUT2D eigenvalue weighted by Gasteiger charge is -2.11. The van der Waals surface area contributed by atoms with Crippen molar-refractivity contribution < 1.29 is 34.2 Å². The van der Waals surface area contributed by atoms with Crippen LogP contribution in [0.5, 0.6) is 0 Å². The van der Waals surface area contributed by atoms with E-state index in [1.165, 1.54) is 16.9 Å². The smallest absolute Gasteiger partial charge is 0.265 e. The van der Waals surface area contributed by atoms with Crippen molar-refractivity contribution >= 4 is 30.9 Å². The minimum atomic E-state index is -5.54. The van der Waals surface area contributed by atoms with E-state index < -0.39 is 38.8 Å². The van der Waals surface area contributed by atoms with E-state index in [1.54, 1.807) is 30.3 Å². The fraction of sp³-hybridized carbons (Fsp3) is 0.231. The summed E-state index contributed by atoms with van der Waals surface area (Å²) in [5, 5.41) is 1.02. The lowest BCUT2D eigenvalue weighted by molar-refractivity contribution is -0.0448. The molecule has 0 aliphatic rings. The fourth-order valence-corrected chi connectivity index (χ4v) is 3.53. The molecule has 0 aliphatic carbocycles. The number of benzene rings is 2. The molecule has 2 aromatic carbocycles. The van der Waals surface area contributed by atoms with Crippen LogP contribution in [0.4, 0.5) is 13.2 Å². The number of rotatable bonds is 6. The molecule has 24 heavy (non-hydrogen) atoms. The first-order valence-electron chi connectivity index (χ1n) is 6.48. The van der Waals surface area contributed by atoms with E-state index >= 15 is 0 Å². The molecule has 0 bridgehead atoms. The third kappa shape index (κ3) is 4.04. The van der Waals surface area contributed by atoms with Gasteiger partial charge in [-0.2, -0.15) is 21.6 Å². The summed E-state index contributed by atoms with van der Waals surface area (Å²) in [5.74, 6) is 0. The molecule has 0 aromatic heterocycles. The maximum atomic E-state index is 12.1. The zero-order valence-corrected chi connectivity index (χ0v) is 13.6. The Labute approximate surface area is 136 Å². The van der Waals surface area contributed by atoms with Crippen molar-refractivity contribution in [2.45, 2.75) is 10.4 Å². The zero-order chi connectivity index (χ0) is 18.0. The Kier molecular flexibility index (Phi) is 5.18. The fourth-order valence-electron chi connectivity index (χ4n) is 1.89. The summed E-state index contributed by atoms with van der Waals surface area (Å²) in [6.07, 6.45) is 0. The SMILES string of the molecule is O=S(=O)(OCCNS(=O)(=O)C(F)(F)F)c1cccc2ccccc12. The van der Waals surface area contributed by atoms with Crippen molar-refractivity contribution in [2.24, 2.45) is 0 Å². The summed E-state index contributed by atoms with van der Waals surface area (Å²) in [4.78, 5) is -0.153. The largest absolute Gasteiger partial charge is 0.511 e. The molecule has 1 N–H and O–H groups in total. The molecule has 0 saturated carbocycles. The predicted octanol–water partition coefficient (Wildman–Crippen LogP) is 1.98. The van der Waals surface area contributed by atoms with Crippen LogP contribution < -0.4 is 4.72 Å². The second-order valence-corrected chi connectivity index (χ2v) is 7.94. The molecule has 2 aromatic rings. The zero-order valence-electron chi connectivity index (χ0n) is 11.9. The van der Waals surface area contributed by atoms with Crippen molar-refractivity contribution in [3.05, 3.63) is 42.5 Å². The summed E-state index contributed by atoms with van der Waals surface area (Å²) >= 11 is 0. The number of sulfonamides is 1.